The Hall–Kier alpha value is -2.78. The number of nitrogens with one attached hydrogen (secondary N) is 1. The molecule has 3 nitrogen and oxygen atoms in total. The molecule has 3 heteroatoms. The van der Waals surface area contributed by atoms with Crippen molar-refractivity contribution in [2.75, 3.05) is 6.79 Å². The van der Waals surface area contributed by atoms with E-state index in [1.807, 2.05) is 24.3 Å². The molecule has 0 saturated carbocycles. The molecule has 0 aliphatic carbocycles. The van der Waals surface area contributed by atoms with Gasteiger partial charge in [-0.25, -0.2) is 0 Å². The van der Waals surface area contributed by atoms with Gasteiger partial charge in [0.1, 0.15) is 0 Å². The van der Waals surface area contributed by atoms with Crippen molar-refractivity contribution in [2.45, 2.75) is 12.6 Å². The number of hydrogen-bond acceptors (Lipinski definition) is 3. The maximum absolute atomic E-state index is 5.47. The highest BCUT2D eigenvalue weighted by Crippen LogP contribution is 2.32. The number of hydrogen-bond donors (Lipinski definition) is 1. The Morgan fingerprint density at radius 2 is 1.38 bits per heavy atom. The summed E-state index contributed by atoms with van der Waals surface area (Å²) >= 11 is 0. The number of rotatable bonds is 5. The maximum atomic E-state index is 5.47. The molecule has 1 N–H and O–H groups in total. The zero-order valence-corrected chi connectivity index (χ0v) is 13.3. The van der Waals surface area contributed by atoms with Crippen molar-refractivity contribution in [1.29, 1.82) is 0 Å². The van der Waals surface area contributed by atoms with Gasteiger partial charge >= 0.3 is 0 Å². The van der Waals surface area contributed by atoms with Crippen molar-refractivity contribution < 1.29 is 9.47 Å². The molecular formula is C21H19NO2. The first-order valence-corrected chi connectivity index (χ1v) is 8.12. The van der Waals surface area contributed by atoms with E-state index in [-0.39, 0.29) is 6.04 Å². The van der Waals surface area contributed by atoms with Gasteiger partial charge in [-0.2, -0.15) is 0 Å². The van der Waals surface area contributed by atoms with E-state index >= 15 is 0 Å². The lowest BCUT2D eigenvalue weighted by Crippen LogP contribution is -2.22. The van der Waals surface area contributed by atoms with Crippen molar-refractivity contribution in [3.63, 3.8) is 0 Å². The van der Waals surface area contributed by atoms with E-state index in [1.54, 1.807) is 0 Å². The second-order valence-electron chi connectivity index (χ2n) is 5.82. The molecule has 0 amide bonds. The molecular weight excluding hydrogens is 298 g/mol. The summed E-state index contributed by atoms with van der Waals surface area (Å²) in [5.74, 6) is 1.65. The summed E-state index contributed by atoms with van der Waals surface area (Å²) < 4.78 is 10.8. The van der Waals surface area contributed by atoms with Crippen molar-refractivity contribution in [2.24, 2.45) is 0 Å². The predicted molar refractivity (Wildman–Crippen MR) is 94.1 cm³/mol. The molecule has 3 aromatic carbocycles. The molecule has 3 aromatic rings. The normalized spacial score (nSPS) is 12.5. The van der Waals surface area contributed by atoms with Crippen LogP contribution in [0.4, 0.5) is 0 Å². The quantitative estimate of drug-likeness (QED) is 0.761. The number of ether oxygens (including phenoxy) is 2. The zero-order chi connectivity index (χ0) is 16.2. The van der Waals surface area contributed by atoms with Gasteiger partial charge in [-0.05, 0) is 28.8 Å². The van der Waals surface area contributed by atoms with Crippen molar-refractivity contribution in [1.82, 2.24) is 5.32 Å². The Morgan fingerprint density at radius 1 is 0.750 bits per heavy atom. The first kappa shape index (κ1) is 14.8. The fourth-order valence-corrected chi connectivity index (χ4v) is 2.99. The van der Waals surface area contributed by atoms with Gasteiger partial charge in [-0.3, -0.25) is 0 Å². The first-order valence-electron chi connectivity index (χ1n) is 8.12. The maximum Gasteiger partial charge on any atom is 0.231 e. The molecule has 1 heterocycles. The zero-order valence-electron chi connectivity index (χ0n) is 13.3. The van der Waals surface area contributed by atoms with Crippen LogP contribution in [-0.2, 0) is 6.54 Å². The molecule has 0 fully saturated rings. The Kier molecular flexibility index (Phi) is 4.17. The fourth-order valence-electron chi connectivity index (χ4n) is 2.99. The Bertz CT molecular complexity index is 763. The fraction of sp³-hybridized carbons (Fsp3) is 0.143. The van der Waals surface area contributed by atoms with E-state index < -0.39 is 0 Å². The molecule has 1 aliphatic rings. The van der Waals surface area contributed by atoms with Crippen LogP contribution in [0.3, 0.4) is 0 Å². The lowest BCUT2D eigenvalue weighted by atomic mass is 9.98. The van der Waals surface area contributed by atoms with Crippen LogP contribution in [0, 0.1) is 0 Å². The SMILES string of the molecule is c1ccc(C(NCc2ccc3c(c2)OCO3)c2ccccc2)cc1. The van der Waals surface area contributed by atoms with Gasteiger partial charge < -0.3 is 14.8 Å². The summed E-state index contributed by atoms with van der Waals surface area (Å²) in [4.78, 5) is 0. The molecule has 120 valence electrons. The number of fused-ring (bicyclic) bond motifs is 1. The van der Waals surface area contributed by atoms with Gasteiger partial charge in [-0.1, -0.05) is 66.7 Å². The van der Waals surface area contributed by atoms with Gasteiger partial charge in [-0.15, -0.1) is 0 Å². The highest BCUT2D eigenvalue weighted by Gasteiger charge is 2.16. The Morgan fingerprint density at radius 3 is 2.04 bits per heavy atom. The van der Waals surface area contributed by atoms with Crippen LogP contribution in [-0.4, -0.2) is 6.79 Å². The van der Waals surface area contributed by atoms with Crippen molar-refractivity contribution in [3.05, 3.63) is 95.6 Å². The van der Waals surface area contributed by atoms with Crippen LogP contribution in [0.1, 0.15) is 22.7 Å². The lowest BCUT2D eigenvalue weighted by Gasteiger charge is -2.20. The summed E-state index contributed by atoms with van der Waals surface area (Å²) in [6.45, 7) is 1.06. The topological polar surface area (TPSA) is 30.5 Å². The highest BCUT2D eigenvalue weighted by atomic mass is 16.7. The van der Waals surface area contributed by atoms with E-state index in [0.29, 0.717) is 6.79 Å². The van der Waals surface area contributed by atoms with Crippen LogP contribution in [0.15, 0.2) is 78.9 Å². The molecule has 0 unspecified atom stereocenters. The Labute approximate surface area is 141 Å². The molecule has 0 bridgehead atoms. The predicted octanol–water partition coefficient (Wildman–Crippen LogP) is 4.29. The standard InChI is InChI=1S/C21H19NO2/c1-3-7-17(8-4-1)21(18-9-5-2-6-10-18)22-14-16-11-12-19-20(13-16)24-15-23-19/h1-13,21-22H,14-15H2. The second-order valence-corrected chi connectivity index (χ2v) is 5.82. The minimum absolute atomic E-state index is 0.151. The van der Waals surface area contributed by atoms with Crippen LogP contribution in [0.25, 0.3) is 0 Å². The molecule has 0 spiro atoms. The summed E-state index contributed by atoms with van der Waals surface area (Å²) in [6, 6.07) is 27.3. The molecule has 0 saturated heterocycles. The Balaban J connectivity index is 1.56. The van der Waals surface area contributed by atoms with Gasteiger partial charge in [0.05, 0.1) is 6.04 Å². The number of benzene rings is 3. The van der Waals surface area contributed by atoms with Gasteiger partial charge in [0.2, 0.25) is 6.79 Å². The summed E-state index contributed by atoms with van der Waals surface area (Å²) in [5, 5.41) is 3.66. The van der Waals surface area contributed by atoms with E-state index in [9.17, 15) is 0 Å². The van der Waals surface area contributed by atoms with Crippen LogP contribution >= 0.6 is 0 Å². The summed E-state index contributed by atoms with van der Waals surface area (Å²) in [6.07, 6.45) is 0. The first-order chi connectivity index (χ1) is 11.9. The van der Waals surface area contributed by atoms with Gasteiger partial charge in [0.15, 0.2) is 11.5 Å². The van der Waals surface area contributed by atoms with E-state index in [0.717, 1.165) is 18.0 Å². The van der Waals surface area contributed by atoms with E-state index in [4.69, 9.17) is 9.47 Å². The third kappa shape index (κ3) is 3.12. The summed E-state index contributed by atoms with van der Waals surface area (Å²) in [7, 11) is 0. The van der Waals surface area contributed by atoms with Crippen molar-refractivity contribution >= 4 is 0 Å². The molecule has 1 aliphatic heterocycles. The monoisotopic (exact) mass is 317 g/mol. The van der Waals surface area contributed by atoms with Gasteiger partial charge in [0.25, 0.3) is 0 Å². The van der Waals surface area contributed by atoms with Crippen LogP contribution < -0.4 is 14.8 Å². The van der Waals surface area contributed by atoms with Gasteiger partial charge in [0, 0.05) is 6.54 Å². The third-order valence-electron chi connectivity index (χ3n) is 4.21. The average molecular weight is 317 g/mol. The minimum atomic E-state index is 0.151. The molecule has 0 radical (unpaired) electrons. The molecule has 0 atom stereocenters. The van der Waals surface area contributed by atoms with Crippen molar-refractivity contribution in [3.8, 4) is 11.5 Å². The van der Waals surface area contributed by atoms with Crippen LogP contribution in [0.2, 0.25) is 0 Å². The highest BCUT2D eigenvalue weighted by molar-refractivity contribution is 5.44. The average Bonchev–Trinajstić information content (AvgIpc) is 3.11. The minimum Gasteiger partial charge on any atom is -0.454 e. The van der Waals surface area contributed by atoms with E-state index in [1.165, 1.54) is 16.7 Å². The second kappa shape index (κ2) is 6.77. The van der Waals surface area contributed by atoms with E-state index in [2.05, 4.69) is 59.9 Å². The molecule has 24 heavy (non-hydrogen) atoms. The lowest BCUT2D eigenvalue weighted by molar-refractivity contribution is 0.174. The largest absolute Gasteiger partial charge is 0.454 e. The smallest absolute Gasteiger partial charge is 0.231 e. The molecule has 4 rings (SSSR count). The van der Waals surface area contributed by atoms with Crippen LogP contribution in [0.5, 0.6) is 11.5 Å². The third-order valence-corrected chi connectivity index (χ3v) is 4.21. The molecule has 0 aromatic heterocycles. The summed E-state index contributed by atoms with van der Waals surface area (Å²) in [5.41, 5.74) is 3.69.